The van der Waals surface area contributed by atoms with Gasteiger partial charge in [0.15, 0.2) is 0 Å². The lowest BCUT2D eigenvalue weighted by Crippen LogP contribution is -2.50. The lowest BCUT2D eigenvalue weighted by atomic mass is 10.3. The summed E-state index contributed by atoms with van der Waals surface area (Å²) in [5, 5.41) is 0. The third kappa shape index (κ3) is 6.16. The van der Waals surface area contributed by atoms with Crippen molar-refractivity contribution in [1.29, 1.82) is 0 Å². The largest absolute Gasteiger partial charge is 0.342 e. The molecule has 128 valence electrons. The average Bonchev–Trinajstić information content (AvgIpc) is 2.58. The molecule has 0 atom stereocenters. The maximum absolute atomic E-state index is 12.2. The molecular formula is C18H29N3OS. The van der Waals surface area contributed by atoms with E-state index in [1.54, 1.807) is 0 Å². The quantitative estimate of drug-likeness (QED) is 0.681. The van der Waals surface area contributed by atoms with Gasteiger partial charge in [-0.05, 0) is 26.0 Å². The molecule has 0 saturated carbocycles. The Kier molecular flexibility index (Phi) is 7.92. The summed E-state index contributed by atoms with van der Waals surface area (Å²) < 4.78 is 0. The van der Waals surface area contributed by atoms with E-state index in [1.807, 2.05) is 30.5 Å². The third-order valence-corrected chi connectivity index (χ3v) is 5.35. The molecule has 2 rings (SSSR count). The van der Waals surface area contributed by atoms with Gasteiger partial charge in [-0.2, -0.15) is 0 Å². The summed E-state index contributed by atoms with van der Waals surface area (Å²) in [5.74, 6) is 1.39. The van der Waals surface area contributed by atoms with Gasteiger partial charge < -0.3 is 4.90 Å². The van der Waals surface area contributed by atoms with Crippen LogP contribution in [0.5, 0.6) is 0 Å². The highest BCUT2D eigenvalue weighted by molar-refractivity contribution is 7.99. The van der Waals surface area contributed by atoms with Crippen molar-refractivity contribution in [2.75, 3.05) is 58.1 Å². The highest BCUT2D eigenvalue weighted by atomic mass is 32.2. The van der Waals surface area contributed by atoms with Crippen molar-refractivity contribution in [1.82, 2.24) is 14.7 Å². The number of benzene rings is 1. The number of carbonyl (C=O) groups is 1. The minimum Gasteiger partial charge on any atom is -0.342 e. The predicted octanol–water partition coefficient (Wildman–Crippen LogP) is 2.26. The normalized spacial score (nSPS) is 16.4. The van der Waals surface area contributed by atoms with Crippen LogP contribution in [0.4, 0.5) is 0 Å². The van der Waals surface area contributed by atoms with Crippen LogP contribution in [0, 0.1) is 0 Å². The molecule has 1 aromatic carbocycles. The van der Waals surface area contributed by atoms with Crippen molar-refractivity contribution in [2.24, 2.45) is 0 Å². The van der Waals surface area contributed by atoms with E-state index in [9.17, 15) is 4.79 Å². The first kappa shape index (κ1) is 18.3. The molecule has 0 aromatic heterocycles. The Bertz CT molecular complexity index is 457. The van der Waals surface area contributed by atoms with Gasteiger partial charge in [-0.3, -0.25) is 14.6 Å². The molecular weight excluding hydrogens is 306 g/mol. The molecule has 0 radical (unpaired) electrons. The zero-order valence-corrected chi connectivity index (χ0v) is 15.2. The fourth-order valence-corrected chi connectivity index (χ4v) is 3.78. The number of hydrogen-bond donors (Lipinski definition) is 0. The van der Waals surface area contributed by atoms with E-state index in [0.717, 1.165) is 51.6 Å². The Labute approximate surface area is 144 Å². The Morgan fingerprint density at radius 1 is 1.04 bits per heavy atom. The second kappa shape index (κ2) is 9.96. The summed E-state index contributed by atoms with van der Waals surface area (Å²) >= 11 is 1.92. The Hall–Kier alpha value is -1.04. The lowest BCUT2D eigenvalue weighted by molar-refractivity contribution is -0.132. The molecule has 0 N–H and O–H groups in total. The number of thioether (sulfide) groups is 1. The van der Waals surface area contributed by atoms with Gasteiger partial charge in [0, 0.05) is 56.5 Å². The van der Waals surface area contributed by atoms with E-state index >= 15 is 0 Å². The van der Waals surface area contributed by atoms with Crippen LogP contribution in [0.2, 0.25) is 0 Å². The smallest absolute Gasteiger partial charge is 0.236 e. The number of piperazine rings is 1. The summed E-state index contributed by atoms with van der Waals surface area (Å²) in [6.45, 7) is 11.6. The maximum atomic E-state index is 12.2. The molecule has 0 bridgehead atoms. The van der Waals surface area contributed by atoms with Crippen LogP contribution >= 0.6 is 11.8 Å². The van der Waals surface area contributed by atoms with Gasteiger partial charge in [0.25, 0.3) is 0 Å². The molecule has 5 heteroatoms. The number of carbonyl (C=O) groups excluding carboxylic acids is 1. The van der Waals surface area contributed by atoms with Gasteiger partial charge in [-0.1, -0.05) is 18.2 Å². The number of rotatable bonds is 8. The van der Waals surface area contributed by atoms with Crippen LogP contribution in [0.3, 0.4) is 0 Å². The molecule has 1 aliphatic rings. The number of likely N-dealkylation sites (N-methyl/N-ethyl adjacent to an activating group) is 1. The monoisotopic (exact) mass is 335 g/mol. The van der Waals surface area contributed by atoms with Crippen molar-refractivity contribution in [3.05, 3.63) is 30.3 Å². The summed E-state index contributed by atoms with van der Waals surface area (Å²) in [5.41, 5.74) is 0. The molecule has 0 aliphatic carbocycles. The van der Waals surface area contributed by atoms with Crippen molar-refractivity contribution in [2.45, 2.75) is 18.7 Å². The van der Waals surface area contributed by atoms with E-state index in [0.29, 0.717) is 6.54 Å². The van der Waals surface area contributed by atoms with Crippen LogP contribution < -0.4 is 0 Å². The Balaban J connectivity index is 1.63. The third-order valence-electron chi connectivity index (χ3n) is 4.36. The first-order valence-corrected chi connectivity index (χ1v) is 9.61. The number of nitrogens with zero attached hydrogens (tertiary/aromatic N) is 3. The highest BCUT2D eigenvalue weighted by Crippen LogP contribution is 2.17. The second-order valence-corrected chi connectivity index (χ2v) is 7.01. The molecule has 1 aliphatic heterocycles. The molecule has 1 saturated heterocycles. The van der Waals surface area contributed by atoms with Gasteiger partial charge >= 0.3 is 0 Å². The standard InChI is InChI=1S/C18H29N3OS/c1-3-21(4-2)18(22)16-20-12-10-19(11-13-20)14-15-23-17-8-6-5-7-9-17/h5-9H,3-4,10-16H2,1-2H3. The molecule has 1 amide bonds. The molecule has 0 unspecified atom stereocenters. The van der Waals surface area contributed by atoms with Crippen LogP contribution in [0.1, 0.15) is 13.8 Å². The fraction of sp³-hybridized carbons (Fsp3) is 0.611. The average molecular weight is 336 g/mol. The van der Waals surface area contributed by atoms with Gasteiger partial charge in [-0.25, -0.2) is 0 Å². The first-order chi connectivity index (χ1) is 11.2. The van der Waals surface area contributed by atoms with Gasteiger partial charge in [0.2, 0.25) is 5.91 Å². The molecule has 0 spiro atoms. The van der Waals surface area contributed by atoms with E-state index in [2.05, 4.69) is 40.1 Å². The van der Waals surface area contributed by atoms with Crippen LogP contribution in [0.15, 0.2) is 35.2 Å². The molecule has 4 nitrogen and oxygen atoms in total. The molecule has 23 heavy (non-hydrogen) atoms. The SMILES string of the molecule is CCN(CC)C(=O)CN1CCN(CCSc2ccccc2)CC1. The molecule has 1 heterocycles. The van der Waals surface area contributed by atoms with Gasteiger partial charge in [0.1, 0.15) is 0 Å². The molecule has 1 fully saturated rings. The lowest BCUT2D eigenvalue weighted by Gasteiger charge is -2.35. The van der Waals surface area contributed by atoms with Gasteiger partial charge in [0.05, 0.1) is 6.54 Å². The van der Waals surface area contributed by atoms with E-state index in [-0.39, 0.29) is 5.91 Å². The zero-order valence-electron chi connectivity index (χ0n) is 14.4. The second-order valence-electron chi connectivity index (χ2n) is 5.85. The van der Waals surface area contributed by atoms with Crippen LogP contribution in [-0.2, 0) is 4.79 Å². The van der Waals surface area contributed by atoms with Crippen molar-refractivity contribution in [3.63, 3.8) is 0 Å². The van der Waals surface area contributed by atoms with Crippen LogP contribution in [-0.4, -0.2) is 78.7 Å². The van der Waals surface area contributed by atoms with E-state index < -0.39 is 0 Å². The summed E-state index contributed by atoms with van der Waals surface area (Å²) in [7, 11) is 0. The summed E-state index contributed by atoms with van der Waals surface area (Å²) in [4.78, 5) is 20.2. The van der Waals surface area contributed by atoms with Crippen LogP contribution in [0.25, 0.3) is 0 Å². The minimum atomic E-state index is 0.267. The number of hydrogen-bond acceptors (Lipinski definition) is 4. The number of amides is 1. The highest BCUT2D eigenvalue weighted by Gasteiger charge is 2.20. The van der Waals surface area contributed by atoms with Gasteiger partial charge in [-0.15, -0.1) is 11.8 Å². The summed E-state index contributed by atoms with van der Waals surface area (Å²) in [6, 6.07) is 10.6. The van der Waals surface area contributed by atoms with Crippen molar-refractivity contribution >= 4 is 17.7 Å². The Morgan fingerprint density at radius 3 is 2.26 bits per heavy atom. The fourth-order valence-electron chi connectivity index (χ4n) is 2.85. The first-order valence-electron chi connectivity index (χ1n) is 8.63. The van der Waals surface area contributed by atoms with E-state index in [1.165, 1.54) is 4.90 Å². The molecule has 1 aromatic rings. The summed E-state index contributed by atoms with van der Waals surface area (Å²) in [6.07, 6.45) is 0. The predicted molar refractivity (Wildman–Crippen MR) is 98.0 cm³/mol. The van der Waals surface area contributed by atoms with E-state index in [4.69, 9.17) is 0 Å². The van der Waals surface area contributed by atoms with Crippen molar-refractivity contribution in [3.8, 4) is 0 Å². The Morgan fingerprint density at radius 2 is 1.65 bits per heavy atom. The maximum Gasteiger partial charge on any atom is 0.236 e. The topological polar surface area (TPSA) is 26.8 Å². The van der Waals surface area contributed by atoms with Crippen molar-refractivity contribution < 1.29 is 4.79 Å². The minimum absolute atomic E-state index is 0.267. The zero-order chi connectivity index (χ0) is 16.5.